The van der Waals surface area contributed by atoms with Crippen molar-refractivity contribution in [1.29, 1.82) is 0 Å². The lowest BCUT2D eigenvalue weighted by atomic mass is 10.2. The van der Waals surface area contributed by atoms with Gasteiger partial charge in [0.25, 0.3) is 0 Å². The Morgan fingerprint density at radius 1 is 1.00 bits per heavy atom. The Morgan fingerprint density at radius 3 is 2.43 bits per heavy atom. The molecule has 0 aliphatic heterocycles. The summed E-state index contributed by atoms with van der Waals surface area (Å²) in [6.07, 6.45) is -3.49. The third-order valence-corrected chi connectivity index (χ3v) is 2.99. The highest BCUT2D eigenvalue weighted by atomic mass is 19.4. The maximum Gasteiger partial charge on any atom is 0.471 e. The molecule has 1 aromatic carbocycles. The van der Waals surface area contributed by atoms with Gasteiger partial charge in [0.05, 0.1) is 5.52 Å². The summed E-state index contributed by atoms with van der Waals surface area (Å²) in [5.41, 5.74) is 0.793. The van der Waals surface area contributed by atoms with Crippen LogP contribution in [0.5, 0.6) is 0 Å². The van der Waals surface area contributed by atoms with Crippen molar-refractivity contribution < 1.29 is 18.0 Å². The number of aromatic nitrogens is 3. The van der Waals surface area contributed by atoms with E-state index in [1.54, 1.807) is 41.7 Å². The van der Waals surface area contributed by atoms with Gasteiger partial charge in [0.15, 0.2) is 5.82 Å². The molecule has 0 aliphatic rings. The molecule has 0 atom stereocenters. The van der Waals surface area contributed by atoms with Crippen molar-refractivity contribution in [2.45, 2.75) is 6.18 Å². The van der Waals surface area contributed by atoms with Crippen LogP contribution >= 0.6 is 0 Å². The number of benzene rings is 1. The molecule has 8 heteroatoms. The number of hydrogen-bond donors (Lipinski definition) is 1. The van der Waals surface area contributed by atoms with Gasteiger partial charge in [0.2, 0.25) is 0 Å². The highest BCUT2D eigenvalue weighted by Crippen LogP contribution is 2.25. The first-order valence-corrected chi connectivity index (χ1v) is 6.51. The number of halogens is 3. The van der Waals surface area contributed by atoms with E-state index in [9.17, 15) is 18.0 Å². The van der Waals surface area contributed by atoms with E-state index in [2.05, 4.69) is 15.0 Å². The first-order valence-electron chi connectivity index (χ1n) is 6.51. The highest BCUT2D eigenvalue weighted by Gasteiger charge is 2.39. The smallest absolute Gasteiger partial charge is 0.302 e. The average molecular weight is 318 g/mol. The maximum absolute atomic E-state index is 12.5. The lowest BCUT2D eigenvalue weighted by Crippen LogP contribution is -2.30. The topological polar surface area (TPSA) is 67.8 Å². The van der Waals surface area contributed by atoms with Crippen LogP contribution in [-0.2, 0) is 4.79 Å². The number of hydrogen-bond acceptors (Lipinski definition) is 4. The second-order valence-corrected chi connectivity index (χ2v) is 4.58. The Kier molecular flexibility index (Phi) is 3.65. The quantitative estimate of drug-likeness (QED) is 0.788. The summed E-state index contributed by atoms with van der Waals surface area (Å²) in [7, 11) is 0. The lowest BCUT2D eigenvalue weighted by molar-refractivity contribution is -0.167. The fourth-order valence-electron chi connectivity index (χ4n) is 1.96. The number of nitrogens with one attached hydrogen (secondary N) is 1. The first kappa shape index (κ1) is 14.9. The summed E-state index contributed by atoms with van der Waals surface area (Å²) >= 11 is 0. The van der Waals surface area contributed by atoms with E-state index in [1.165, 1.54) is 12.3 Å². The molecule has 0 saturated carbocycles. The molecule has 3 rings (SSSR count). The maximum atomic E-state index is 12.5. The Balaban J connectivity index is 2.13. The standard InChI is InChI=1S/C15H9F3N4O/c16-15(17,18)14(23)22-12-9-5-1-2-6-10(9)20-13(21-12)11-7-3-4-8-19-11/h1-8H,(H,20,21,22,23). The minimum Gasteiger partial charge on any atom is -0.302 e. The fraction of sp³-hybridized carbons (Fsp3) is 0.0667. The molecule has 2 heterocycles. The van der Waals surface area contributed by atoms with Crippen LogP contribution in [0.1, 0.15) is 0 Å². The van der Waals surface area contributed by atoms with E-state index in [0.29, 0.717) is 16.6 Å². The zero-order chi connectivity index (χ0) is 16.4. The molecule has 0 saturated heterocycles. The second-order valence-electron chi connectivity index (χ2n) is 4.58. The molecule has 5 nitrogen and oxygen atoms in total. The van der Waals surface area contributed by atoms with Gasteiger partial charge in [-0.3, -0.25) is 9.78 Å². The van der Waals surface area contributed by atoms with Crippen LogP contribution < -0.4 is 5.32 Å². The normalized spacial score (nSPS) is 11.4. The number of alkyl halides is 3. The summed E-state index contributed by atoms with van der Waals surface area (Å²) in [6.45, 7) is 0. The number of anilines is 1. The number of rotatable bonds is 2. The van der Waals surface area contributed by atoms with Crippen LogP contribution in [0.4, 0.5) is 19.0 Å². The van der Waals surface area contributed by atoms with Crippen molar-refractivity contribution in [2.24, 2.45) is 0 Å². The summed E-state index contributed by atoms with van der Waals surface area (Å²) in [4.78, 5) is 23.6. The number of nitrogens with zero attached hydrogens (tertiary/aromatic N) is 3. The predicted molar refractivity (Wildman–Crippen MR) is 77.5 cm³/mol. The van der Waals surface area contributed by atoms with Crippen LogP contribution in [0.25, 0.3) is 22.4 Å². The molecule has 0 radical (unpaired) electrons. The summed E-state index contributed by atoms with van der Waals surface area (Å²) in [6, 6.07) is 11.5. The van der Waals surface area contributed by atoms with Gasteiger partial charge in [-0.1, -0.05) is 18.2 Å². The number of amides is 1. The Bertz CT molecular complexity index is 865. The second kappa shape index (κ2) is 5.64. The minimum atomic E-state index is -5.00. The predicted octanol–water partition coefficient (Wildman–Crippen LogP) is 3.19. The highest BCUT2D eigenvalue weighted by molar-refractivity contribution is 6.01. The minimum absolute atomic E-state index is 0.127. The molecule has 1 amide bonds. The van der Waals surface area contributed by atoms with Gasteiger partial charge in [-0.25, -0.2) is 9.97 Å². The monoisotopic (exact) mass is 318 g/mol. The van der Waals surface area contributed by atoms with E-state index < -0.39 is 12.1 Å². The molecule has 116 valence electrons. The van der Waals surface area contributed by atoms with Crippen LogP contribution in [0.15, 0.2) is 48.7 Å². The number of carbonyl (C=O) groups is 1. The molecule has 0 unspecified atom stereocenters. The van der Waals surface area contributed by atoms with Gasteiger partial charge in [-0.05, 0) is 24.3 Å². The van der Waals surface area contributed by atoms with Gasteiger partial charge >= 0.3 is 12.1 Å². The van der Waals surface area contributed by atoms with Crippen molar-refractivity contribution in [2.75, 3.05) is 5.32 Å². The van der Waals surface area contributed by atoms with Gasteiger partial charge in [-0.15, -0.1) is 0 Å². The van der Waals surface area contributed by atoms with Crippen molar-refractivity contribution in [1.82, 2.24) is 15.0 Å². The molecular weight excluding hydrogens is 309 g/mol. The van der Waals surface area contributed by atoms with Gasteiger partial charge < -0.3 is 5.32 Å². The molecule has 1 N–H and O–H groups in total. The SMILES string of the molecule is O=C(Nc1nc(-c2ccccn2)nc2ccccc12)C(F)(F)F. The van der Waals surface area contributed by atoms with E-state index >= 15 is 0 Å². The number of pyridine rings is 1. The van der Waals surface area contributed by atoms with E-state index in [1.807, 2.05) is 0 Å². The Hall–Kier alpha value is -3.03. The number of carbonyl (C=O) groups excluding carboxylic acids is 1. The molecule has 2 aromatic heterocycles. The van der Waals surface area contributed by atoms with E-state index in [0.717, 1.165) is 0 Å². The molecule has 0 spiro atoms. The Labute approximate surface area is 128 Å². The van der Waals surface area contributed by atoms with E-state index in [-0.39, 0.29) is 11.6 Å². The molecule has 0 bridgehead atoms. The van der Waals surface area contributed by atoms with Gasteiger partial charge in [0.1, 0.15) is 11.5 Å². The third-order valence-electron chi connectivity index (χ3n) is 2.99. The lowest BCUT2D eigenvalue weighted by Gasteiger charge is -2.11. The Morgan fingerprint density at radius 2 is 1.74 bits per heavy atom. The van der Waals surface area contributed by atoms with Crippen LogP contribution in [-0.4, -0.2) is 27.0 Å². The summed E-state index contributed by atoms with van der Waals surface area (Å²) < 4.78 is 37.5. The van der Waals surface area contributed by atoms with Crippen LogP contribution in [0.3, 0.4) is 0 Å². The molecular formula is C15H9F3N4O. The summed E-state index contributed by atoms with van der Waals surface area (Å²) in [5.74, 6) is -2.17. The van der Waals surface area contributed by atoms with Crippen molar-refractivity contribution in [3.05, 3.63) is 48.7 Å². The van der Waals surface area contributed by atoms with E-state index in [4.69, 9.17) is 0 Å². The molecule has 0 fully saturated rings. The largest absolute Gasteiger partial charge is 0.471 e. The van der Waals surface area contributed by atoms with Crippen molar-refractivity contribution >= 4 is 22.6 Å². The van der Waals surface area contributed by atoms with Crippen molar-refractivity contribution in [3.8, 4) is 11.5 Å². The molecule has 3 aromatic rings. The summed E-state index contributed by atoms with van der Waals surface area (Å²) in [5, 5.41) is 2.10. The molecule has 23 heavy (non-hydrogen) atoms. The number of fused-ring (bicyclic) bond motifs is 1. The number of para-hydroxylation sites is 1. The van der Waals surface area contributed by atoms with Crippen molar-refractivity contribution in [3.63, 3.8) is 0 Å². The fourth-order valence-corrected chi connectivity index (χ4v) is 1.96. The zero-order valence-corrected chi connectivity index (χ0v) is 11.5. The molecule has 0 aliphatic carbocycles. The zero-order valence-electron chi connectivity index (χ0n) is 11.5. The third kappa shape index (κ3) is 3.10. The average Bonchev–Trinajstić information content (AvgIpc) is 2.54. The van der Waals surface area contributed by atoms with Crippen LogP contribution in [0, 0.1) is 0 Å². The first-order chi connectivity index (χ1) is 10.9. The van der Waals surface area contributed by atoms with Crippen LogP contribution in [0.2, 0.25) is 0 Å². The van der Waals surface area contributed by atoms with Gasteiger partial charge in [-0.2, -0.15) is 13.2 Å². The van der Waals surface area contributed by atoms with Gasteiger partial charge in [0, 0.05) is 11.6 Å².